The minimum Gasteiger partial charge on any atom is -0.493 e. The van der Waals surface area contributed by atoms with Crippen LogP contribution in [0.4, 0.5) is 4.39 Å². The molecule has 8 heteroatoms. The van der Waals surface area contributed by atoms with E-state index in [1.54, 1.807) is 18.3 Å². The number of hydrogen-bond donors (Lipinski definition) is 1. The second-order valence-electron chi connectivity index (χ2n) is 10.6. The summed E-state index contributed by atoms with van der Waals surface area (Å²) in [5, 5.41) is 4.38. The molecule has 2 fully saturated rings. The van der Waals surface area contributed by atoms with Crippen LogP contribution in [0, 0.1) is 12.7 Å². The lowest BCUT2D eigenvalue weighted by atomic mass is 9.93. The zero-order chi connectivity index (χ0) is 27.3. The summed E-state index contributed by atoms with van der Waals surface area (Å²) in [6.07, 6.45) is 4.43. The number of aromatic nitrogens is 1. The Balaban J connectivity index is 1.31. The number of benzene rings is 3. The van der Waals surface area contributed by atoms with Gasteiger partial charge in [0.1, 0.15) is 11.6 Å². The van der Waals surface area contributed by atoms with E-state index in [4.69, 9.17) is 16.3 Å². The van der Waals surface area contributed by atoms with Crippen LogP contribution in [-0.2, 0) is 5.54 Å². The molecule has 1 aromatic heterocycles. The van der Waals surface area contributed by atoms with Crippen LogP contribution in [-0.4, -0.2) is 51.4 Å². The fourth-order valence-electron chi connectivity index (χ4n) is 5.36. The van der Waals surface area contributed by atoms with Crippen molar-refractivity contribution < 1.29 is 13.9 Å². The Kier molecular flexibility index (Phi) is 6.69. The number of carbonyl (C=O) groups is 1. The highest BCUT2D eigenvalue weighted by Gasteiger charge is 2.47. The van der Waals surface area contributed by atoms with E-state index >= 15 is 0 Å². The molecule has 0 spiro atoms. The van der Waals surface area contributed by atoms with E-state index in [1.165, 1.54) is 6.07 Å². The first-order valence-electron chi connectivity index (χ1n) is 13.1. The topological polar surface area (TPSA) is 54.5 Å². The second kappa shape index (κ2) is 10.0. The highest BCUT2D eigenvalue weighted by atomic mass is 35.5. The molecule has 5 nitrogen and oxygen atoms in total. The van der Waals surface area contributed by atoms with Crippen molar-refractivity contribution in [2.75, 3.05) is 13.6 Å². The molecule has 1 unspecified atom stereocenters. The summed E-state index contributed by atoms with van der Waals surface area (Å²) in [6.45, 7) is 2.99. The number of ether oxygens (including phenoxy) is 1. The molecular weight excluding hydrogens is 529 g/mol. The van der Waals surface area contributed by atoms with E-state index in [0.717, 1.165) is 59.0 Å². The van der Waals surface area contributed by atoms with Crippen LogP contribution in [0.2, 0.25) is 5.02 Å². The van der Waals surface area contributed by atoms with Gasteiger partial charge in [-0.2, -0.15) is 0 Å². The summed E-state index contributed by atoms with van der Waals surface area (Å²) in [7, 11) is 5.79. The average molecular weight is 557 g/mol. The molecule has 0 bridgehead atoms. The molecule has 2 atom stereocenters. The third kappa shape index (κ3) is 4.95. The van der Waals surface area contributed by atoms with Crippen LogP contribution in [0.1, 0.15) is 40.7 Å². The lowest BCUT2D eigenvalue weighted by Gasteiger charge is -2.41. The summed E-state index contributed by atoms with van der Waals surface area (Å²) in [5.74, 6) is 0.0487. The smallest absolute Gasteiger partial charge is 0.252 e. The predicted molar refractivity (Wildman–Crippen MR) is 153 cm³/mol. The Morgan fingerprint density at radius 1 is 1.18 bits per heavy atom. The van der Waals surface area contributed by atoms with Crippen LogP contribution < -0.4 is 10.1 Å². The molecule has 1 N–H and O–H groups in total. The van der Waals surface area contributed by atoms with Crippen molar-refractivity contribution >= 4 is 38.7 Å². The Morgan fingerprint density at radius 3 is 2.69 bits per heavy atom. The maximum Gasteiger partial charge on any atom is 0.252 e. The molecule has 2 aliphatic rings. The number of aryl methyl sites for hydroxylation is 1. The Bertz CT molecular complexity index is 1590. The molecule has 3 radical (unpaired) electrons. The number of hydrogen-bond acceptors (Lipinski definition) is 4. The van der Waals surface area contributed by atoms with Crippen molar-refractivity contribution in [1.29, 1.82) is 0 Å². The van der Waals surface area contributed by atoms with E-state index in [0.29, 0.717) is 17.4 Å². The van der Waals surface area contributed by atoms with Gasteiger partial charge in [0.2, 0.25) is 0 Å². The maximum absolute atomic E-state index is 13.9. The number of rotatable bonds is 7. The molecule has 3 aromatic carbocycles. The van der Waals surface area contributed by atoms with Crippen molar-refractivity contribution in [3.05, 3.63) is 94.4 Å². The van der Waals surface area contributed by atoms with E-state index in [9.17, 15) is 9.18 Å². The number of likely N-dealkylation sites (N-methyl/N-ethyl adjacent to an activating group) is 1. The summed E-state index contributed by atoms with van der Waals surface area (Å²) in [5.41, 5.74) is 4.25. The van der Waals surface area contributed by atoms with Gasteiger partial charge in [-0.3, -0.25) is 9.78 Å². The number of fused-ring (bicyclic) bond motifs is 1. The quantitative estimate of drug-likeness (QED) is 0.284. The SMILES string of the molecule is Cc1ccc(OC([Si])[C@@H]2CCN2C)cc1C(=O)NC1(c2cc(-c3ccc(F)c(Cl)c3)cc3ncccc23)CC1. The van der Waals surface area contributed by atoms with Crippen molar-refractivity contribution in [2.24, 2.45) is 0 Å². The Hall–Kier alpha value is -3.26. The third-order valence-corrected chi connectivity index (χ3v) is 8.79. The van der Waals surface area contributed by atoms with Gasteiger partial charge in [-0.15, -0.1) is 0 Å². The summed E-state index contributed by atoms with van der Waals surface area (Å²) in [4.78, 5) is 20.5. The summed E-state index contributed by atoms with van der Waals surface area (Å²) in [6, 6.07) is 18.6. The molecule has 39 heavy (non-hydrogen) atoms. The summed E-state index contributed by atoms with van der Waals surface area (Å²) >= 11 is 6.09. The molecule has 2 heterocycles. The third-order valence-electron chi connectivity index (χ3n) is 8.00. The molecule has 1 aliphatic carbocycles. The van der Waals surface area contributed by atoms with Crippen molar-refractivity contribution in [2.45, 2.75) is 43.5 Å². The molecule has 1 saturated heterocycles. The van der Waals surface area contributed by atoms with Crippen molar-refractivity contribution in [3.8, 4) is 16.9 Å². The zero-order valence-corrected chi connectivity index (χ0v) is 23.6. The van der Waals surface area contributed by atoms with Gasteiger partial charge in [-0.1, -0.05) is 29.8 Å². The van der Waals surface area contributed by atoms with Gasteiger partial charge in [0.15, 0.2) is 0 Å². The number of halogens is 2. The lowest BCUT2D eigenvalue weighted by Crippen LogP contribution is -2.53. The lowest BCUT2D eigenvalue weighted by molar-refractivity contribution is 0.0562. The predicted octanol–water partition coefficient (Wildman–Crippen LogP) is 6.00. The molecule has 1 saturated carbocycles. The van der Waals surface area contributed by atoms with Gasteiger partial charge in [-0.25, -0.2) is 4.39 Å². The fourth-order valence-corrected chi connectivity index (χ4v) is 6.09. The van der Waals surface area contributed by atoms with E-state index in [2.05, 4.69) is 38.6 Å². The van der Waals surface area contributed by atoms with Crippen LogP contribution in [0.15, 0.2) is 66.9 Å². The first-order valence-corrected chi connectivity index (χ1v) is 14.1. The van der Waals surface area contributed by atoms with Gasteiger partial charge in [0, 0.05) is 23.2 Å². The zero-order valence-electron chi connectivity index (χ0n) is 21.8. The largest absolute Gasteiger partial charge is 0.493 e. The monoisotopic (exact) mass is 556 g/mol. The van der Waals surface area contributed by atoms with E-state index < -0.39 is 11.4 Å². The number of nitrogens with one attached hydrogen (secondary N) is 1. The minimum atomic E-state index is -0.520. The maximum atomic E-state index is 13.9. The Labute approximate surface area is 235 Å². The standard InChI is InChI=1S/C31H28ClFN3O2Si/c1-18-5-7-21(38-30(39)28-9-13-36(28)2)17-23(18)29(37)35-31(10-11-31)24-14-20(16-27-22(24)4-3-12-34-27)19-6-8-26(33)25(32)15-19/h3-8,12,14-17,28,30H,9-11,13H2,1-2H3,(H,35,37)/t28-,30?/m0/s1. The number of carbonyl (C=O) groups excluding carboxylic acids is 1. The molecule has 1 aliphatic heterocycles. The number of likely N-dealkylation sites (tertiary alicyclic amines) is 1. The van der Waals surface area contributed by atoms with Gasteiger partial charge in [-0.05, 0) is 104 Å². The van der Waals surface area contributed by atoms with Crippen LogP contribution in [0.3, 0.4) is 0 Å². The van der Waals surface area contributed by atoms with Crippen LogP contribution in [0.25, 0.3) is 22.0 Å². The van der Waals surface area contributed by atoms with Gasteiger partial charge in [0.05, 0.1) is 32.0 Å². The van der Waals surface area contributed by atoms with Crippen molar-refractivity contribution in [3.63, 3.8) is 0 Å². The fraction of sp³-hybridized carbons (Fsp3) is 0.290. The molecule has 197 valence electrons. The molecular formula is C31H28ClFN3O2Si. The summed E-state index contributed by atoms with van der Waals surface area (Å²) < 4.78 is 20.0. The minimum absolute atomic E-state index is 0.0664. The van der Waals surface area contributed by atoms with Gasteiger partial charge < -0.3 is 15.0 Å². The number of nitrogens with zero attached hydrogens (tertiary/aromatic N) is 2. The second-order valence-corrected chi connectivity index (χ2v) is 11.6. The van der Waals surface area contributed by atoms with Crippen LogP contribution >= 0.6 is 11.6 Å². The average Bonchev–Trinajstić information content (AvgIpc) is 3.69. The highest BCUT2D eigenvalue weighted by molar-refractivity contribution is 6.31. The van der Waals surface area contributed by atoms with Gasteiger partial charge >= 0.3 is 0 Å². The molecule has 6 rings (SSSR count). The normalized spacial score (nSPS) is 18.8. The number of amides is 1. The van der Waals surface area contributed by atoms with E-state index in [1.807, 2.05) is 43.3 Å². The Morgan fingerprint density at radius 2 is 2.00 bits per heavy atom. The van der Waals surface area contributed by atoms with Crippen molar-refractivity contribution in [1.82, 2.24) is 15.2 Å². The van der Waals surface area contributed by atoms with Crippen LogP contribution in [0.5, 0.6) is 5.75 Å². The molecule has 4 aromatic rings. The van der Waals surface area contributed by atoms with Gasteiger partial charge in [0.25, 0.3) is 5.91 Å². The molecule has 1 amide bonds. The first-order chi connectivity index (χ1) is 18.7. The van der Waals surface area contributed by atoms with E-state index in [-0.39, 0.29) is 16.7 Å². The first kappa shape index (κ1) is 26.0. The highest BCUT2D eigenvalue weighted by Crippen LogP contribution is 2.49. The number of pyridine rings is 1.